The molecule has 0 unspecified atom stereocenters. The molecule has 1 amide bonds. The second-order valence-electron chi connectivity index (χ2n) is 5.98. The molecule has 2 aliphatic rings. The number of aliphatic imine (C=N–C) groups is 1. The molecule has 2 aliphatic heterocycles. The number of amides is 1. The number of esters is 1. The lowest BCUT2D eigenvalue weighted by atomic mass is 10.1. The van der Waals surface area contributed by atoms with Gasteiger partial charge in [0, 0.05) is 11.3 Å². The number of nitrogens with one attached hydrogen (secondary N) is 1. The summed E-state index contributed by atoms with van der Waals surface area (Å²) in [4.78, 5) is 27.3. The molecular formula is C19H11F3N2O5. The van der Waals surface area contributed by atoms with Crippen LogP contribution in [0.15, 0.2) is 53.2 Å². The number of ether oxygens (including phenoxy) is 3. The lowest BCUT2D eigenvalue weighted by Gasteiger charge is -2.08. The molecule has 0 aliphatic carbocycles. The van der Waals surface area contributed by atoms with Crippen LogP contribution in [0.2, 0.25) is 0 Å². The average molecular weight is 404 g/mol. The van der Waals surface area contributed by atoms with Gasteiger partial charge in [0.05, 0.1) is 0 Å². The SMILES string of the molecule is O=C1OC(c2ccc3c(c2)OCO3)=NC1=Cc1cccc(NC(=O)C(F)(F)F)c1. The summed E-state index contributed by atoms with van der Waals surface area (Å²) in [6, 6.07) is 10.5. The molecule has 0 aromatic heterocycles. The quantitative estimate of drug-likeness (QED) is 0.627. The third-order valence-corrected chi connectivity index (χ3v) is 3.95. The van der Waals surface area contributed by atoms with Gasteiger partial charge in [0.2, 0.25) is 12.7 Å². The van der Waals surface area contributed by atoms with E-state index < -0.39 is 18.1 Å². The number of carbonyl (C=O) groups excluding carboxylic acids is 2. The maximum atomic E-state index is 12.4. The Kier molecular flexibility index (Phi) is 4.45. The Bertz CT molecular complexity index is 1080. The molecule has 0 spiro atoms. The highest BCUT2D eigenvalue weighted by Crippen LogP contribution is 2.33. The van der Waals surface area contributed by atoms with Gasteiger partial charge in [-0.1, -0.05) is 12.1 Å². The number of carbonyl (C=O) groups is 2. The molecule has 0 bridgehead atoms. The van der Waals surface area contributed by atoms with Crippen LogP contribution < -0.4 is 14.8 Å². The number of alkyl halides is 3. The number of rotatable bonds is 3. The Balaban J connectivity index is 1.57. The fourth-order valence-corrected chi connectivity index (χ4v) is 2.63. The number of benzene rings is 2. The van der Waals surface area contributed by atoms with Gasteiger partial charge in [0.15, 0.2) is 17.2 Å². The molecule has 1 N–H and O–H groups in total. The van der Waals surface area contributed by atoms with Crippen LogP contribution in [0.3, 0.4) is 0 Å². The van der Waals surface area contributed by atoms with Crippen molar-refractivity contribution < 1.29 is 37.0 Å². The first-order chi connectivity index (χ1) is 13.8. The van der Waals surface area contributed by atoms with Gasteiger partial charge < -0.3 is 19.5 Å². The molecular weight excluding hydrogens is 393 g/mol. The molecule has 0 atom stereocenters. The zero-order chi connectivity index (χ0) is 20.6. The van der Waals surface area contributed by atoms with Crippen molar-refractivity contribution >= 4 is 29.5 Å². The van der Waals surface area contributed by atoms with Crippen LogP contribution in [-0.4, -0.2) is 30.7 Å². The summed E-state index contributed by atoms with van der Waals surface area (Å²) in [6.45, 7) is 0.0947. The van der Waals surface area contributed by atoms with Gasteiger partial charge in [-0.2, -0.15) is 13.2 Å². The highest BCUT2D eigenvalue weighted by atomic mass is 19.4. The van der Waals surface area contributed by atoms with Crippen molar-refractivity contribution in [3.05, 3.63) is 59.3 Å². The molecule has 0 saturated carbocycles. The largest absolute Gasteiger partial charge is 0.471 e. The topological polar surface area (TPSA) is 86.2 Å². The second-order valence-corrected chi connectivity index (χ2v) is 5.98. The van der Waals surface area contributed by atoms with E-state index in [1.165, 1.54) is 30.3 Å². The van der Waals surface area contributed by atoms with E-state index in [9.17, 15) is 22.8 Å². The molecule has 0 radical (unpaired) electrons. The number of nitrogens with zero attached hydrogens (tertiary/aromatic N) is 1. The van der Waals surface area contributed by atoms with Crippen molar-refractivity contribution in [1.29, 1.82) is 0 Å². The van der Waals surface area contributed by atoms with Gasteiger partial charge in [-0.15, -0.1) is 0 Å². The lowest BCUT2D eigenvalue weighted by molar-refractivity contribution is -0.167. The highest BCUT2D eigenvalue weighted by molar-refractivity contribution is 6.13. The standard InChI is InChI=1S/C19H11F3N2O5/c20-19(21,22)18(26)23-12-3-1-2-10(6-12)7-13-17(25)29-16(24-13)11-4-5-14-15(8-11)28-9-27-14/h1-8H,9H2,(H,23,26). The Morgan fingerprint density at radius 2 is 1.90 bits per heavy atom. The second kappa shape index (κ2) is 6.97. The highest BCUT2D eigenvalue weighted by Gasteiger charge is 2.38. The fourth-order valence-electron chi connectivity index (χ4n) is 2.63. The third kappa shape index (κ3) is 3.91. The van der Waals surface area contributed by atoms with Gasteiger partial charge in [-0.05, 0) is 42.0 Å². The average Bonchev–Trinajstić information content (AvgIpc) is 3.27. The van der Waals surface area contributed by atoms with Gasteiger partial charge >= 0.3 is 18.1 Å². The molecule has 0 fully saturated rings. The summed E-state index contributed by atoms with van der Waals surface area (Å²) in [5.74, 6) is -1.70. The van der Waals surface area contributed by atoms with Crippen LogP contribution in [0.25, 0.3) is 6.08 Å². The molecule has 4 rings (SSSR count). The first kappa shape index (κ1) is 18.5. The number of anilines is 1. The van der Waals surface area contributed by atoms with Gasteiger partial charge in [0.25, 0.3) is 0 Å². The Morgan fingerprint density at radius 1 is 1.10 bits per heavy atom. The van der Waals surface area contributed by atoms with Crippen molar-refractivity contribution in [2.75, 3.05) is 12.1 Å². The Labute approximate surface area is 161 Å². The van der Waals surface area contributed by atoms with Gasteiger partial charge in [0.1, 0.15) is 0 Å². The number of cyclic esters (lactones) is 1. The lowest BCUT2D eigenvalue weighted by Crippen LogP contribution is -2.29. The molecule has 29 heavy (non-hydrogen) atoms. The fraction of sp³-hybridized carbons (Fsp3) is 0.105. The first-order valence-electron chi connectivity index (χ1n) is 8.20. The number of halogens is 3. The van der Waals surface area contributed by atoms with E-state index >= 15 is 0 Å². The Hall–Kier alpha value is -3.82. The zero-order valence-corrected chi connectivity index (χ0v) is 14.4. The number of fused-ring (bicyclic) bond motifs is 1. The van der Waals surface area contributed by atoms with E-state index in [0.717, 1.165) is 0 Å². The number of hydrogen-bond donors (Lipinski definition) is 1. The van der Waals surface area contributed by atoms with Crippen molar-refractivity contribution in [2.45, 2.75) is 6.18 Å². The Morgan fingerprint density at radius 3 is 2.69 bits per heavy atom. The minimum atomic E-state index is -5.01. The van der Waals surface area contributed by atoms with E-state index in [2.05, 4.69) is 4.99 Å². The summed E-state index contributed by atoms with van der Waals surface area (Å²) in [6.07, 6.45) is -3.67. The first-order valence-corrected chi connectivity index (χ1v) is 8.20. The third-order valence-electron chi connectivity index (χ3n) is 3.95. The van der Waals surface area contributed by atoms with Crippen LogP contribution in [0, 0.1) is 0 Å². The van der Waals surface area contributed by atoms with Crippen LogP contribution in [0.5, 0.6) is 11.5 Å². The zero-order valence-electron chi connectivity index (χ0n) is 14.4. The molecule has 2 aromatic carbocycles. The predicted octanol–water partition coefficient (Wildman–Crippen LogP) is 3.26. The predicted molar refractivity (Wildman–Crippen MR) is 94.3 cm³/mol. The maximum Gasteiger partial charge on any atom is 0.471 e. The molecule has 2 aromatic rings. The van der Waals surface area contributed by atoms with E-state index in [0.29, 0.717) is 22.6 Å². The van der Waals surface area contributed by atoms with Crippen molar-refractivity contribution in [3.8, 4) is 11.5 Å². The summed E-state index contributed by atoms with van der Waals surface area (Å²) in [7, 11) is 0. The van der Waals surface area contributed by atoms with E-state index in [-0.39, 0.29) is 24.1 Å². The van der Waals surface area contributed by atoms with E-state index in [4.69, 9.17) is 14.2 Å². The van der Waals surface area contributed by atoms with E-state index in [1.54, 1.807) is 23.5 Å². The van der Waals surface area contributed by atoms with Crippen LogP contribution in [0.1, 0.15) is 11.1 Å². The molecule has 7 nitrogen and oxygen atoms in total. The minimum Gasteiger partial charge on any atom is -0.454 e. The molecule has 2 heterocycles. The van der Waals surface area contributed by atoms with E-state index in [1.807, 2.05) is 0 Å². The monoisotopic (exact) mass is 404 g/mol. The summed E-state index contributed by atoms with van der Waals surface area (Å²) < 4.78 is 52.8. The molecule has 0 saturated heterocycles. The normalized spacial score (nSPS) is 16.6. The van der Waals surface area contributed by atoms with Crippen LogP contribution in [-0.2, 0) is 14.3 Å². The van der Waals surface area contributed by atoms with Crippen LogP contribution in [0.4, 0.5) is 18.9 Å². The number of hydrogen-bond acceptors (Lipinski definition) is 6. The van der Waals surface area contributed by atoms with Crippen molar-refractivity contribution in [1.82, 2.24) is 0 Å². The summed E-state index contributed by atoms with van der Waals surface area (Å²) in [5, 5.41) is 1.75. The van der Waals surface area contributed by atoms with Gasteiger partial charge in [-0.25, -0.2) is 9.79 Å². The van der Waals surface area contributed by atoms with Crippen molar-refractivity contribution in [3.63, 3.8) is 0 Å². The summed E-state index contributed by atoms with van der Waals surface area (Å²) in [5.41, 5.74) is 0.731. The smallest absolute Gasteiger partial charge is 0.454 e. The molecule has 10 heteroatoms. The molecule has 148 valence electrons. The van der Waals surface area contributed by atoms with Crippen LogP contribution >= 0.6 is 0 Å². The van der Waals surface area contributed by atoms with Crippen molar-refractivity contribution in [2.24, 2.45) is 4.99 Å². The summed E-state index contributed by atoms with van der Waals surface area (Å²) >= 11 is 0. The maximum absolute atomic E-state index is 12.4. The minimum absolute atomic E-state index is 0.0445. The van der Waals surface area contributed by atoms with Gasteiger partial charge in [-0.3, -0.25) is 4.79 Å².